The van der Waals surface area contributed by atoms with Crippen LogP contribution in [0, 0.1) is 5.92 Å². The number of nitrogens with one attached hydrogen (secondary N) is 1. The maximum Gasteiger partial charge on any atom is 0.240 e. The summed E-state index contributed by atoms with van der Waals surface area (Å²) in [6.07, 6.45) is 0.931. The van der Waals surface area contributed by atoms with Crippen LogP contribution in [0.2, 0.25) is 0 Å². The van der Waals surface area contributed by atoms with Crippen molar-refractivity contribution in [3.05, 3.63) is 29.8 Å². The van der Waals surface area contributed by atoms with Gasteiger partial charge in [-0.05, 0) is 37.0 Å². The van der Waals surface area contributed by atoms with Gasteiger partial charge < -0.3 is 5.11 Å². The van der Waals surface area contributed by atoms with Crippen LogP contribution in [-0.4, -0.2) is 26.2 Å². The summed E-state index contributed by atoms with van der Waals surface area (Å²) in [6, 6.07) is 6.38. The van der Waals surface area contributed by atoms with E-state index in [1.165, 1.54) is 0 Å². The van der Waals surface area contributed by atoms with Crippen LogP contribution in [0.15, 0.2) is 29.2 Å². The number of rotatable bonds is 6. The van der Waals surface area contributed by atoms with E-state index >= 15 is 0 Å². The largest absolute Gasteiger partial charge is 0.395 e. The van der Waals surface area contributed by atoms with Gasteiger partial charge in [0.2, 0.25) is 10.0 Å². The highest BCUT2D eigenvalue weighted by Gasteiger charge is 2.16. The summed E-state index contributed by atoms with van der Waals surface area (Å²) >= 11 is 0. The van der Waals surface area contributed by atoms with Crippen molar-refractivity contribution >= 4 is 10.0 Å². The summed E-state index contributed by atoms with van der Waals surface area (Å²) < 4.78 is 26.2. The molecule has 0 amide bonds. The van der Waals surface area contributed by atoms with Gasteiger partial charge in [-0.2, -0.15) is 0 Å². The third-order valence-electron chi connectivity index (χ3n) is 2.51. The lowest BCUT2D eigenvalue weighted by Crippen LogP contribution is -2.34. The average molecular weight is 271 g/mol. The molecule has 1 aromatic carbocycles. The van der Waals surface area contributed by atoms with Crippen molar-refractivity contribution in [1.29, 1.82) is 0 Å². The number of sulfonamides is 1. The summed E-state index contributed by atoms with van der Waals surface area (Å²) in [5.74, 6) is 0.542. The first-order valence-electron chi connectivity index (χ1n) is 6.07. The molecule has 0 aliphatic rings. The van der Waals surface area contributed by atoms with Crippen molar-refractivity contribution in [2.45, 2.75) is 38.1 Å². The molecule has 1 aromatic rings. The van der Waals surface area contributed by atoms with Gasteiger partial charge in [-0.3, -0.25) is 0 Å². The maximum absolute atomic E-state index is 11.9. The van der Waals surface area contributed by atoms with Crippen LogP contribution in [0.5, 0.6) is 0 Å². The first-order valence-corrected chi connectivity index (χ1v) is 7.55. The van der Waals surface area contributed by atoms with Crippen LogP contribution in [0.3, 0.4) is 0 Å². The summed E-state index contributed by atoms with van der Waals surface area (Å²) in [5.41, 5.74) is 1.12. The summed E-state index contributed by atoms with van der Waals surface area (Å²) in [5, 5.41) is 8.86. The van der Waals surface area contributed by atoms with E-state index in [9.17, 15) is 8.42 Å². The van der Waals surface area contributed by atoms with Gasteiger partial charge in [0, 0.05) is 6.04 Å². The molecule has 0 fully saturated rings. The van der Waals surface area contributed by atoms with Crippen LogP contribution in [0.25, 0.3) is 0 Å². The Balaban J connectivity index is 2.84. The summed E-state index contributed by atoms with van der Waals surface area (Å²) in [7, 11) is -3.53. The van der Waals surface area contributed by atoms with E-state index in [0.717, 1.165) is 12.0 Å². The molecule has 0 aliphatic heterocycles. The number of aliphatic hydroxyl groups excluding tert-OH is 1. The van der Waals surface area contributed by atoms with E-state index in [2.05, 4.69) is 18.6 Å². The van der Waals surface area contributed by atoms with E-state index < -0.39 is 16.1 Å². The van der Waals surface area contributed by atoms with Gasteiger partial charge in [0.25, 0.3) is 0 Å². The van der Waals surface area contributed by atoms with Crippen molar-refractivity contribution in [2.75, 3.05) is 6.61 Å². The van der Waals surface area contributed by atoms with Gasteiger partial charge in [0.05, 0.1) is 11.5 Å². The molecule has 0 saturated heterocycles. The Morgan fingerprint density at radius 2 is 1.72 bits per heavy atom. The van der Waals surface area contributed by atoms with E-state index in [4.69, 9.17) is 5.11 Å². The molecule has 0 bridgehead atoms. The van der Waals surface area contributed by atoms with E-state index in [0.29, 0.717) is 5.92 Å². The highest BCUT2D eigenvalue weighted by molar-refractivity contribution is 7.89. The molecule has 0 aliphatic carbocycles. The van der Waals surface area contributed by atoms with Crippen LogP contribution in [0.1, 0.15) is 26.3 Å². The van der Waals surface area contributed by atoms with Crippen molar-refractivity contribution in [2.24, 2.45) is 5.92 Å². The first-order chi connectivity index (χ1) is 8.35. The second-order valence-electron chi connectivity index (χ2n) is 4.95. The number of hydrogen-bond donors (Lipinski definition) is 2. The SMILES string of the molecule is CC(C)Cc1ccc(S(=O)(=O)N[C@@H](C)CO)cc1. The molecule has 0 aromatic heterocycles. The van der Waals surface area contributed by atoms with Crippen LogP contribution >= 0.6 is 0 Å². The topological polar surface area (TPSA) is 66.4 Å². The predicted octanol–water partition coefficient (Wildman–Crippen LogP) is 1.54. The Kier molecular flexibility index (Phi) is 5.31. The van der Waals surface area contributed by atoms with Crippen LogP contribution in [-0.2, 0) is 16.4 Å². The van der Waals surface area contributed by atoms with Crippen molar-refractivity contribution in [3.8, 4) is 0 Å². The van der Waals surface area contributed by atoms with Crippen LogP contribution in [0.4, 0.5) is 0 Å². The number of benzene rings is 1. The minimum atomic E-state index is -3.53. The van der Waals surface area contributed by atoms with Gasteiger partial charge in [0.15, 0.2) is 0 Å². The molecule has 0 radical (unpaired) electrons. The third-order valence-corrected chi connectivity index (χ3v) is 4.11. The van der Waals surface area contributed by atoms with Gasteiger partial charge in [-0.15, -0.1) is 0 Å². The maximum atomic E-state index is 11.9. The van der Waals surface area contributed by atoms with E-state index in [-0.39, 0.29) is 11.5 Å². The lowest BCUT2D eigenvalue weighted by molar-refractivity contribution is 0.265. The molecule has 0 spiro atoms. The van der Waals surface area contributed by atoms with Crippen molar-refractivity contribution in [3.63, 3.8) is 0 Å². The Labute approximate surface area is 109 Å². The fourth-order valence-corrected chi connectivity index (χ4v) is 2.88. The molecule has 102 valence electrons. The number of hydrogen-bond acceptors (Lipinski definition) is 3. The van der Waals surface area contributed by atoms with Gasteiger partial charge in [-0.1, -0.05) is 26.0 Å². The normalized spacial score (nSPS) is 13.8. The monoisotopic (exact) mass is 271 g/mol. The average Bonchev–Trinajstić information content (AvgIpc) is 2.28. The molecular weight excluding hydrogens is 250 g/mol. The highest BCUT2D eigenvalue weighted by Crippen LogP contribution is 2.13. The quantitative estimate of drug-likeness (QED) is 0.825. The Bertz CT molecular complexity index is 466. The lowest BCUT2D eigenvalue weighted by Gasteiger charge is -2.12. The fourth-order valence-electron chi connectivity index (χ4n) is 1.65. The molecule has 2 N–H and O–H groups in total. The smallest absolute Gasteiger partial charge is 0.240 e. The van der Waals surface area contributed by atoms with Crippen molar-refractivity contribution in [1.82, 2.24) is 4.72 Å². The molecular formula is C13H21NO3S. The van der Waals surface area contributed by atoms with E-state index in [1.807, 2.05) is 12.1 Å². The first kappa shape index (κ1) is 15.1. The zero-order valence-corrected chi connectivity index (χ0v) is 11.9. The Morgan fingerprint density at radius 1 is 1.17 bits per heavy atom. The molecule has 18 heavy (non-hydrogen) atoms. The second-order valence-corrected chi connectivity index (χ2v) is 6.66. The molecule has 5 heteroatoms. The molecule has 0 unspecified atom stereocenters. The summed E-state index contributed by atoms with van der Waals surface area (Å²) in [6.45, 7) is 5.64. The van der Waals surface area contributed by atoms with Crippen molar-refractivity contribution < 1.29 is 13.5 Å². The van der Waals surface area contributed by atoms with Gasteiger partial charge in [-0.25, -0.2) is 13.1 Å². The van der Waals surface area contributed by atoms with Crippen LogP contribution < -0.4 is 4.72 Å². The Hall–Kier alpha value is -0.910. The fraction of sp³-hybridized carbons (Fsp3) is 0.538. The Morgan fingerprint density at radius 3 is 2.17 bits per heavy atom. The third kappa shape index (κ3) is 4.40. The predicted molar refractivity (Wildman–Crippen MR) is 71.9 cm³/mol. The minimum absolute atomic E-state index is 0.218. The molecule has 0 heterocycles. The molecule has 0 saturated carbocycles. The second kappa shape index (κ2) is 6.31. The molecule has 4 nitrogen and oxygen atoms in total. The number of aliphatic hydroxyl groups is 1. The lowest BCUT2D eigenvalue weighted by atomic mass is 10.0. The minimum Gasteiger partial charge on any atom is -0.395 e. The zero-order chi connectivity index (χ0) is 13.8. The highest BCUT2D eigenvalue weighted by atomic mass is 32.2. The summed E-state index contributed by atoms with van der Waals surface area (Å²) in [4.78, 5) is 0.232. The van der Waals surface area contributed by atoms with Gasteiger partial charge in [0.1, 0.15) is 0 Å². The zero-order valence-electron chi connectivity index (χ0n) is 11.1. The van der Waals surface area contributed by atoms with E-state index in [1.54, 1.807) is 19.1 Å². The standard InChI is InChI=1S/C13H21NO3S/c1-10(2)8-12-4-6-13(7-5-12)18(16,17)14-11(3)9-15/h4-7,10-11,14-15H,8-9H2,1-3H3/t11-/m0/s1. The molecule has 1 atom stereocenters. The molecule has 1 rings (SSSR count). The van der Waals surface area contributed by atoms with Gasteiger partial charge >= 0.3 is 0 Å².